The van der Waals surface area contributed by atoms with Crippen LogP contribution in [-0.4, -0.2) is 12.7 Å². The zero-order valence-electron chi connectivity index (χ0n) is 11.6. The molecule has 2 heteroatoms. The first-order chi connectivity index (χ1) is 8.60. The molecule has 1 saturated carbocycles. The van der Waals surface area contributed by atoms with Crippen LogP contribution in [0.15, 0.2) is 18.2 Å². The summed E-state index contributed by atoms with van der Waals surface area (Å²) in [7, 11) is 0. The van der Waals surface area contributed by atoms with Crippen LogP contribution in [0.2, 0.25) is 0 Å². The number of alkyl halides is 1. The Morgan fingerprint density at radius 3 is 2.61 bits per heavy atom. The zero-order chi connectivity index (χ0) is 13.1. The van der Waals surface area contributed by atoms with Gasteiger partial charge in [0, 0.05) is 11.4 Å². The summed E-state index contributed by atoms with van der Waals surface area (Å²) in [5, 5.41) is 0. The van der Waals surface area contributed by atoms with E-state index in [9.17, 15) is 0 Å². The number of halogens is 1. The van der Waals surface area contributed by atoms with Gasteiger partial charge in [-0.3, -0.25) is 0 Å². The van der Waals surface area contributed by atoms with Crippen LogP contribution in [0.1, 0.15) is 47.7 Å². The minimum atomic E-state index is 0.490. The molecular formula is C16H23BrO. The second-order valence-corrected chi connectivity index (χ2v) is 6.57. The molecule has 1 aromatic carbocycles. The molecule has 0 N–H and O–H groups in total. The minimum Gasteiger partial charge on any atom is -0.378 e. The predicted molar refractivity (Wildman–Crippen MR) is 80.3 cm³/mol. The van der Waals surface area contributed by atoms with Gasteiger partial charge in [-0.1, -0.05) is 34.1 Å². The van der Waals surface area contributed by atoms with E-state index in [0.717, 1.165) is 12.5 Å². The number of hydrogen-bond acceptors (Lipinski definition) is 1. The topological polar surface area (TPSA) is 9.23 Å². The zero-order valence-corrected chi connectivity index (χ0v) is 13.2. The summed E-state index contributed by atoms with van der Waals surface area (Å²) in [6, 6.07) is 6.79. The number of ether oxygens (including phenoxy) is 1. The van der Waals surface area contributed by atoms with E-state index in [1.165, 1.54) is 36.0 Å². The van der Waals surface area contributed by atoms with Gasteiger partial charge < -0.3 is 4.74 Å². The van der Waals surface area contributed by atoms with E-state index in [4.69, 9.17) is 4.74 Å². The van der Waals surface area contributed by atoms with Gasteiger partial charge in [0.2, 0.25) is 0 Å². The molecule has 0 radical (unpaired) electrons. The van der Waals surface area contributed by atoms with Crippen LogP contribution >= 0.6 is 15.9 Å². The second-order valence-electron chi connectivity index (χ2n) is 5.46. The highest BCUT2D eigenvalue weighted by Gasteiger charge is 2.31. The Labute approximate surface area is 119 Å². The summed E-state index contributed by atoms with van der Waals surface area (Å²) in [5.74, 6) is 0.826. The van der Waals surface area contributed by atoms with Crippen LogP contribution in [-0.2, 0) is 4.74 Å². The third-order valence-electron chi connectivity index (χ3n) is 4.03. The Bertz CT molecular complexity index is 396. The van der Waals surface area contributed by atoms with Gasteiger partial charge >= 0.3 is 0 Å². The lowest BCUT2D eigenvalue weighted by Gasteiger charge is -2.36. The predicted octanol–water partition coefficient (Wildman–Crippen LogP) is 4.94. The smallest absolute Gasteiger partial charge is 0.0580 e. The Balaban J connectivity index is 1.85. The molecule has 1 nitrogen and oxygen atoms in total. The van der Waals surface area contributed by atoms with Gasteiger partial charge in [-0.2, -0.15) is 0 Å². The molecule has 1 aliphatic carbocycles. The Kier molecular flexibility index (Phi) is 4.85. The van der Waals surface area contributed by atoms with Gasteiger partial charge in [0.25, 0.3) is 0 Å². The molecule has 0 bridgehead atoms. The molecule has 0 saturated heterocycles. The third-order valence-corrected chi connectivity index (χ3v) is 4.93. The van der Waals surface area contributed by atoms with Crippen LogP contribution < -0.4 is 0 Å². The van der Waals surface area contributed by atoms with E-state index >= 15 is 0 Å². The molecule has 1 fully saturated rings. The van der Waals surface area contributed by atoms with Gasteiger partial charge in [-0.15, -0.1) is 0 Å². The summed E-state index contributed by atoms with van der Waals surface area (Å²) in [6.07, 6.45) is 4.23. The molecule has 18 heavy (non-hydrogen) atoms. The average molecular weight is 311 g/mol. The highest BCUT2D eigenvalue weighted by molar-refractivity contribution is 9.09. The Morgan fingerprint density at radius 2 is 2.00 bits per heavy atom. The molecule has 1 atom stereocenters. The highest BCUT2D eigenvalue weighted by atomic mass is 79.9. The molecule has 1 unspecified atom stereocenters. The lowest BCUT2D eigenvalue weighted by Crippen LogP contribution is -2.31. The van der Waals surface area contributed by atoms with Crippen molar-refractivity contribution in [1.82, 2.24) is 0 Å². The Morgan fingerprint density at radius 1 is 1.28 bits per heavy atom. The van der Waals surface area contributed by atoms with Crippen molar-refractivity contribution < 1.29 is 4.74 Å². The van der Waals surface area contributed by atoms with Crippen molar-refractivity contribution in [3.8, 4) is 0 Å². The average Bonchev–Trinajstić information content (AvgIpc) is 2.30. The number of rotatable bonds is 5. The first kappa shape index (κ1) is 14.1. The summed E-state index contributed by atoms with van der Waals surface area (Å²) in [6.45, 7) is 7.29. The highest BCUT2D eigenvalue weighted by Crippen LogP contribution is 2.40. The van der Waals surface area contributed by atoms with Crippen molar-refractivity contribution in [2.45, 2.75) is 51.0 Å². The van der Waals surface area contributed by atoms with Crippen molar-refractivity contribution >= 4 is 15.9 Å². The molecular weight excluding hydrogens is 288 g/mol. The number of benzene rings is 1. The maximum atomic E-state index is 5.61. The Hall–Kier alpha value is -0.340. The first-order valence-corrected chi connectivity index (χ1v) is 7.84. The lowest BCUT2D eigenvalue weighted by molar-refractivity contribution is -0.0264. The van der Waals surface area contributed by atoms with Crippen molar-refractivity contribution in [2.24, 2.45) is 5.92 Å². The van der Waals surface area contributed by atoms with Crippen molar-refractivity contribution in [2.75, 3.05) is 6.61 Å². The standard InChI is InChI=1S/C16H23BrO/c1-4-18-15-8-13(9-15)10-16(17)14-6-5-11(2)12(3)7-14/h5-7,13,15-16H,4,8-10H2,1-3H3. The molecule has 0 heterocycles. The third kappa shape index (κ3) is 3.36. The molecule has 100 valence electrons. The van der Waals surface area contributed by atoms with Crippen LogP contribution in [0.3, 0.4) is 0 Å². The fourth-order valence-corrected chi connectivity index (χ4v) is 3.44. The summed E-state index contributed by atoms with van der Waals surface area (Å²) in [5.41, 5.74) is 4.18. The first-order valence-electron chi connectivity index (χ1n) is 6.93. The molecule has 0 spiro atoms. The van der Waals surface area contributed by atoms with Gasteiger partial charge in [-0.25, -0.2) is 0 Å². The fourth-order valence-electron chi connectivity index (χ4n) is 2.63. The molecule has 1 aliphatic rings. The van der Waals surface area contributed by atoms with E-state index in [0.29, 0.717) is 10.9 Å². The minimum absolute atomic E-state index is 0.490. The van der Waals surface area contributed by atoms with E-state index < -0.39 is 0 Å². The number of aryl methyl sites for hydroxylation is 2. The quantitative estimate of drug-likeness (QED) is 0.700. The largest absolute Gasteiger partial charge is 0.378 e. The summed E-state index contributed by atoms with van der Waals surface area (Å²) in [4.78, 5) is 0.490. The molecule has 1 aromatic rings. The number of hydrogen-bond donors (Lipinski definition) is 0. The van der Waals surface area contributed by atoms with Gasteiger partial charge in [0.1, 0.15) is 0 Å². The summed E-state index contributed by atoms with van der Waals surface area (Å²) < 4.78 is 5.61. The molecule has 0 aliphatic heterocycles. The molecule has 0 amide bonds. The lowest BCUT2D eigenvalue weighted by atomic mass is 9.78. The monoisotopic (exact) mass is 310 g/mol. The van der Waals surface area contributed by atoms with Crippen LogP contribution in [0.4, 0.5) is 0 Å². The maximum absolute atomic E-state index is 5.61. The fraction of sp³-hybridized carbons (Fsp3) is 0.625. The van der Waals surface area contributed by atoms with Gasteiger partial charge in [0.05, 0.1) is 6.10 Å². The SMILES string of the molecule is CCOC1CC(CC(Br)c2ccc(C)c(C)c2)C1. The maximum Gasteiger partial charge on any atom is 0.0580 e. The van der Waals surface area contributed by atoms with E-state index in [2.05, 4.69) is 54.9 Å². The summed E-state index contributed by atoms with van der Waals surface area (Å²) >= 11 is 3.84. The molecule has 0 aromatic heterocycles. The van der Waals surface area contributed by atoms with Crippen molar-refractivity contribution in [3.63, 3.8) is 0 Å². The van der Waals surface area contributed by atoms with Crippen molar-refractivity contribution in [1.29, 1.82) is 0 Å². The van der Waals surface area contributed by atoms with E-state index in [1.54, 1.807) is 0 Å². The normalized spacial score (nSPS) is 24.7. The van der Waals surface area contributed by atoms with E-state index in [1.807, 2.05) is 0 Å². The van der Waals surface area contributed by atoms with Gasteiger partial charge in [-0.05, 0) is 62.6 Å². The van der Waals surface area contributed by atoms with Gasteiger partial charge in [0.15, 0.2) is 0 Å². The van der Waals surface area contributed by atoms with Crippen LogP contribution in [0.5, 0.6) is 0 Å². The second kappa shape index (κ2) is 6.21. The van der Waals surface area contributed by atoms with Crippen molar-refractivity contribution in [3.05, 3.63) is 34.9 Å². The van der Waals surface area contributed by atoms with Crippen LogP contribution in [0, 0.1) is 19.8 Å². The van der Waals surface area contributed by atoms with E-state index in [-0.39, 0.29) is 0 Å². The van der Waals surface area contributed by atoms with Crippen LogP contribution in [0.25, 0.3) is 0 Å². The molecule has 2 rings (SSSR count).